The Labute approximate surface area is 336 Å². The summed E-state index contributed by atoms with van der Waals surface area (Å²) in [7, 11) is 0.0220. The van der Waals surface area contributed by atoms with Crippen LogP contribution >= 0.6 is 15.8 Å². The van der Waals surface area contributed by atoms with Gasteiger partial charge in [-0.25, -0.2) is 4.68 Å². The van der Waals surface area contributed by atoms with E-state index in [2.05, 4.69) is 226 Å². The Morgan fingerprint density at radius 3 is 1.67 bits per heavy atom. The lowest BCUT2D eigenvalue weighted by Gasteiger charge is -2.36. The van der Waals surface area contributed by atoms with Crippen molar-refractivity contribution in [3.63, 3.8) is 0 Å². The molecule has 0 amide bonds. The molecule has 1 aromatic heterocycles. The molecule has 7 aromatic carbocycles. The third-order valence-corrected chi connectivity index (χ3v) is 15.1. The first kappa shape index (κ1) is 36.3. The van der Waals surface area contributed by atoms with Crippen LogP contribution in [0.3, 0.4) is 0 Å². The molecule has 2 atom stereocenters. The van der Waals surface area contributed by atoms with Crippen molar-refractivity contribution in [2.24, 2.45) is 7.05 Å². The van der Waals surface area contributed by atoms with Gasteiger partial charge in [-0.1, -0.05) is 158 Å². The van der Waals surface area contributed by atoms with Crippen molar-refractivity contribution in [2.75, 3.05) is 16.0 Å². The van der Waals surface area contributed by atoms with Crippen molar-refractivity contribution in [2.45, 2.75) is 6.17 Å². The predicted molar refractivity (Wildman–Crippen MR) is 238 cm³/mol. The lowest BCUT2D eigenvalue weighted by Crippen LogP contribution is -2.43. The van der Waals surface area contributed by atoms with E-state index >= 15 is 0 Å². The number of ether oxygens (including phenoxy) is 1. The summed E-state index contributed by atoms with van der Waals surface area (Å²) in [5, 5.41) is 18.8. The van der Waals surface area contributed by atoms with Crippen molar-refractivity contribution >= 4 is 53.7 Å². The Balaban J connectivity index is 1.14. The van der Waals surface area contributed by atoms with Gasteiger partial charge in [0.15, 0.2) is 5.82 Å². The van der Waals surface area contributed by atoms with Crippen molar-refractivity contribution in [1.29, 1.82) is 0 Å². The fourth-order valence-corrected chi connectivity index (χ4v) is 12.3. The van der Waals surface area contributed by atoms with E-state index in [4.69, 9.17) is 4.74 Å². The molecule has 9 rings (SSSR count). The minimum absolute atomic E-state index is 0.0783. The van der Waals surface area contributed by atoms with Crippen LogP contribution in [-0.2, 0) is 7.05 Å². The molecule has 0 N–H and O–H groups in total. The molecule has 57 heavy (non-hydrogen) atoms. The van der Waals surface area contributed by atoms with Crippen LogP contribution in [0.25, 0.3) is 11.4 Å². The number of aryl methyl sites for hydroxylation is 1. The van der Waals surface area contributed by atoms with Gasteiger partial charge in [0.2, 0.25) is 0 Å². The molecule has 1 aliphatic heterocycles. The molecular weight excluding hydrogens is 739 g/mol. The number of aromatic nitrogens is 4. The molecule has 9 heteroatoms. The highest BCUT2D eigenvalue weighted by molar-refractivity contribution is 7.80. The first-order chi connectivity index (χ1) is 28.2. The molecule has 1 unspecified atom stereocenters. The highest BCUT2D eigenvalue weighted by Gasteiger charge is 2.35. The third kappa shape index (κ3) is 7.60. The zero-order chi connectivity index (χ0) is 38.4. The monoisotopic (exact) mass is 778 g/mol. The van der Waals surface area contributed by atoms with Crippen molar-refractivity contribution in [3.8, 4) is 22.9 Å². The second-order valence-corrected chi connectivity index (χ2v) is 18.0. The van der Waals surface area contributed by atoms with E-state index in [1.807, 2.05) is 13.1 Å². The van der Waals surface area contributed by atoms with E-state index in [0.29, 0.717) is 5.82 Å². The zero-order valence-electron chi connectivity index (χ0n) is 31.4. The quantitative estimate of drug-likeness (QED) is 0.116. The number of rotatable bonds is 12. The minimum atomic E-state index is -0.975. The summed E-state index contributed by atoms with van der Waals surface area (Å²) in [6, 6.07) is 68.7. The zero-order valence-corrected chi connectivity index (χ0v) is 33.2. The number of para-hydroxylation sites is 4. The maximum Gasteiger partial charge on any atom is 0.183 e. The predicted octanol–water partition coefficient (Wildman–Crippen LogP) is 8.68. The van der Waals surface area contributed by atoms with Crippen LogP contribution in [0.1, 0.15) is 0 Å². The van der Waals surface area contributed by atoms with Crippen molar-refractivity contribution < 1.29 is 4.74 Å². The maximum absolute atomic E-state index is 7.20. The molecule has 0 saturated carbocycles. The van der Waals surface area contributed by atoms with Gasteiger partial charge in [0.05, 0.1) is 5.69 Å². The van der Waals surface area contributed by atoms with Gasteiger partial charge in [0.1, 0.15) is 17.7 Å². The van der Waals surface area contributed by atoms with Crippen molar-refractivity contribution in [1.82, 2.24) is 20.2 Å². The molecule has 0 fully saturated rings. The molecule has 0 spiro atoms. The highest BCUT2D eigenvalue weighted by atomic mass is 31.1. The summed E-state index contributed by atoms with van der Waals surface area (Å²) in [6.07, 6.45) is 5.10. The molecule has 8 aromatic rings. The SMILES string of the molecule is Cn1nnnc1-c1ccccc1N1C=CN(c2ccccc2)[C@H]1CP(c1ccccc1)c1ccccc1Oc1ccccc1P(c1ccccc1)c1ccccc1. The molecular formula is C48H40N6OP2. The Morgan fingerprint density at radius 1 is 0.526 bits per heavy atom. The summed E-state index contributed by atoms with van der Waals surface area (Å²) >= 11 is 0. The number of hydrogen-bond donors (Lipinski definition) is 0. The van der Waals surface area contributed by atoms with Crippen LogP contribution in [0.2, 0.25) is 0 Å². The summed E-state index contributed by atoms with van der Waals surface area (Å²) < 4.78 is 8.93. The van der Waals surface area contributed by atoms with Crippen LogP contribution in [0.4, 0.5) is 11.4 Å². The van der Waals surface area contributed by atoms with E-state index in [1.54, 1.807) is 4.68 Å². The smallest absolute Gasteiger partial charge is 0.183 e. The first-order valence-corrected chi connectivity index (χ1v) is 21.8. The number of hydrogen-bond acceptors (Lipinski definition) is 6. The van der Waals surface area contributed by atoms with Crippen LogP contribution in [-0.4, -0.2) is 32.5 Å². The highest BCUT2D eigenvalue weighted by Crippen LogP contribution is 2.45. The van der Waals surface area contributed by atoms with E-state index < -0.39 is 15.8 Å². The Hall–Kier alpha value is -6.39. The maximum atomic E-state index is 7.20. The van der Waals surface area contributed by atoms with Crippen LogP contribution in [0, 0.1) is 0 Å². The number of tetrazole rings is 1. The standard InChI is InChI=1S/C48H40N6OP2/c1-52-48(49-50-51-52)41-28-14-15-29-42(41)54-35-34-53(37-20-6-2-7-21-37)47(54)36-56(38-22-8-3-9-23-38)45-32-18-16-30-43(45)55-44-31-17-19-33-46(44)57(39-24-10-4-11-25-39)40-26-12-5-13-27-40/h2-35,47H,36H2,1H3/t47-,56?/m1/s1. The molecule has 0 bridgehead atoms. The van der Waals surface area contributed by atoms with Gasteiger partial charge in [0.25, 0.3) is 0 Å². The van der Waals surface area contributed by atoms with Gasteiger partial charge in [0, 0.05) is 47.5 Å². The summed E-state index contributed by atoms with van der Waals surface area (Å²) in [5.74, 6) is 2.45. The fourth-order valence-electron chi connectivity index (χ4n) is 7.41. The van der Waals surface area contributed by atoms with Crippen LogP contribution in [0.5, 0.6) is 11.5 Å². The lowest BCUT2D eigenvalue weighted by molar-refractivity contribution is 0.490. The number of benzene rings is 7. The van der Waals surface area contributed by atoms with Gasteiger partial charge >= 0.3 is 0 Å². The third-order valence-electron chi connectivity index (χ3n) is 10.1. The van der Waals surface area contributed by atoms with Gasteiger partial charge in [-0.15, -0.1) is 5.10 Å². The van der Waals surface area contributed by atoms with E-state index in [1.165, 1.54) is 26.5 Å². The van der Waals surface area contributed by atoms with Gasteiger partial charge in [-0.2, -0.15) is 0 Å². The molecule has 0 aliphatic carbocycles. The van der Waals surface area contributed by atoms with Gasteiger partial charge < -0.3 is 14.5 Å². The van der Waals surface area contributed by atoms with E-state index in [9.17, 15) is 0 Å². The fraction of sp³-hybridized carbons (Fsp3) is 0.0625. The lowest BCUT2D eigenvalue weighted by atomic mass is 10.1. The minimum Gasteiger partial charge on any atom is -0.456 e. The van der Waals surface area contributed by atoms with Crippen LogP contribution in [0.15, 0.2) is 207 Å². The number of anilines is 2. The Bertz CT molecular complexity index is 2550. The topological polar surface area (TPSA) is 59.3 Å². The largest absolute Gasteiger partial charge is 0.456 e. The molecule has 7 nitrogen and oxygen atoms in total. The average molecular weight is 779 g/mol. The Morgan fingerprint density at radius 2 is 1.04 bits per heavy atom. The first-order valence-electron chi connectivity index (χ1n) is 18.9. The second-order valence-electron chi connectivity index (χ2n) is 13.6. The summed E-state index contributed by atoms with van der Waals surface area (Å²) in [5.41, 5.74) is 3.12. The molecule has 0 radical (unpaired) electrons. The van der Waals surface area contributed by atoms with Crippen LogP contribution < -0.4 is 41.1 Å². The molecule has 278 valence electrons. The molecule has 0 saturated heterocycles. The number of nitrogens with zero attached hydrogens (tertiary/aromatic N) is 6. The van der Waals surface area contributed by atoms with Crippen molar-refractivity contribution in [3.05, 3.63) is 207 Å². The normalized spacial score (nSPS) is 14.2. The van der Waals surface area contributed by atoms with E-state index in [-0.39, 0.29) is 6.17 Å². The molecule has 2 heterocycles. The summed E-state index contributed by atoms with van der Waals surface area (Å²) in [4.78, 5) is 4.76. The van der Waals surface area contributed by atoms with E-state index in [0.717, 1.165) is 34.6 Å². The Kier molecular flexibility index (Phi) is 10.7. The van der Waals surface area contributed by atoms with Gasteiger partial charge in [-0.05, 0) is 78.6 Å². The second kappa shape index (κ2) is 16.8. The summed E-state index contributed by atoms with van der Waals surface area (Å²) in [6.45, 7) is 0. The van der Waals surface area contributed by atoms with Gasteiger partial charge in [-0.3, -0.25) is 0 Å². The molecule has 1 aliphatic rings. The average Bonchev–Trinajstić information content (AvgIpc) is 3.91.